The second kappa shape index (κ2) is 4.90. The molecule has 1 saturated heterocycles. The summed E-state index contributed by atoms with van der Waals surface area (Å²) >= 11 is 0. The van der Waals surface area contributed by atoms with Crippen molar-refractivity contribution in [2.24, 2.45) is 11.8 Å². The third-order valence-corrected chi connectivity index (χ3v) is 4.18. The number of ether oxygens (including phenoxy) is 1. The Labute approximate surface area is 117 Å². The molecule has 1 aliphatic heterocycles. The van der Waals surface area contributed by atoms with Gasteiger partial charge in [-0.1, -0.05) is 18.2 Å². The Hall–Kier alpha value is -1.88. The summed E-state index contributed by atoms with van der Waals surface area (Å²) in [6.45, 7) is 0.363. The van der Waals surface area contributed by atoms with Gasteiger partial charge in [0.2, 0.25) is 11.8 Å². The van der Waals surface area contributed by atoms with Crippen molar-refractivity contribution in [2.75, 3.05) is 20.7 Å². The summed E-state index contributed by atoms with van der Waals surface area (Å²) < 4.78 is 5.35. The Morgan fingerprint density at radius 2 is 1.95 bits per heavy atom. The van der Waals surface area contributed by atoms with Crippen LogP contribution in [0.3, 0.4) is 0 Å². The molecule has 1 saturated carbocycles. The molecule has 1 aromatic rings. The van der Waals surface area contributed by atoms with Gasteiger partial charge in [-0.2, -0.15) is 0 Å². The zero-order chi connectivity index (χ0) is 14.3. The molecule has 0 bridgehead atoms. The molecular weight excluding hydrogens is 256 g/mol. The first kappa shape index (κ1) is 13.1. The molecule has 3 rings (SSSR count). The lowest BCUT2D eigenvalue weighted by atomic mass is 10.1. The number of hydrogen-bond acceptors (Lipinski definition) is 4. The van der Waals surface area contributed by atoms with Gasteiger partial charge in [0.15, 0.2) is 0 Å². The third-order valence-electron chi connectivity index (χ3n) is 4.18. The number of methoxy groups -OCH3 is 1. The molecule has 1 aliphatic carbocycles. The minimum Gasteiger partial charge on any atom is -0.496 e. The van der Waals surface area contributed by atoms with E-state index in [0.29, 0.717) is 6.54 Å². The van der Waals surface area contributed by atoms with Gasteiger partial charge in [0.25, 0.3) is 0 Å². The van der Waals surface area contributed by atoms with Crippen LogP contribution >= 0.6 is 0 Å². The van der Waals surface area contributed by atoms with E-state index in [1.807, 2.05) is 31.3 Å². The Bertz CT molecular complexity index is 538. The fourth-order valence-electron chi connectivity index (χ4n) is 2.91. The van der Waals surface area contributed by atoms with E-state index in [0.717, 1.165) is 17.7 Å². The first-order valence-electron chi connectivity index (χ1n) is 6.82. The lowest BCUT2D eigenvalue weighted by Gasteiger charge is -2.25. The fourth-order valence-corrected chi connectivity index (χ4v) is 2.91. The molecule has 106 valence electrons. The summed E-state index contributed by atoms with van der Waals surface area (Å²) in [6.07, 6.45) is 0.743. The highest BCUT2D eigenvalue weighted by molar-refractivity contribution is 6.08. The van der Waals surface area contributed by atoms with Crippen LogP contribution in [-0.4, -0.2) is 37.4 Å². The van der Waals surface area contributed by atoms with Gasteiger partial charge in [0.05, 0.1) is 25.0 Å². The minimum absolute atomic E-state index is 0.0184. The second-order valence-electron chi connectivity index (χ2n) is 5.32. The lowest BCUT2D eigenvalue weighted by Crippen LogP contribution is -2.39. The molecule has 3 unspecified atom stereocenters. The monoisotopic (exact) mass is 274 g/mol. The van der Waals surface area contributed by atoms with Crippen molar-refractivity contribution in [3.63, 3.8) is 0 Å². The van der Waals surface area contributed by atoms with Gasteiger partial charge >= 0.3 is 0 Å². The Kier molecular flexibility index (Phi) is 3.22. The maximum absolute atomic E-state index is 12.0. The van der Waals surface area contributed by atoms with Gasteiger partial charge in [0.1, 0.15) is 5.75 Å². The number of para-hydroxylation sites is 1. The lowest BCUT2D eigenvalue weighted by molar-refractivity contribution is -0.141. The molecule has 5 nitrogen and oxygen atoms in total. The number of amides is 2. The molecule has 2 amide bonds. The molecule has 1 heterocycles. The van der Waals surface area contributed by atoms with Crippen molar-refractivity contribution in [2.45, 2.75) is 12.5 Å². The molecule has 1 aromatic carbocycles. The average molecular weight is 274 g/mol. The summed E-state index contributed by atoms with van der Waals surface area (Å²) in [5.41, 5.74) is 0.957. The van der Waals surface area contributed by atoms with E-state index in [9.17, 15) is 9.59 Å². The molecule has 5 heteroatoms. The van der Waals surface area contributed by atoms with Gasteiger partial charge in [-0.15, -0.1) is 0 Å². The number of nitrogens with zero attached hydrogens (tertiary/aromatic N) is 1. The highest BCUT2D eigenvalue weighted by atomic mass is 16.5. The van der Waals surface area contributed by atoms with Crippen LogP contribution in [0, 0.1) is 11.8 Å². The predicted octanol–water partition coefficient (Wildman–Crippen LogP) is 0.961. The van der Waals surface area contributed by atoms with Crippen LogP contribution < -0.4 is 10.1 Å². The molecule has 20 heavy (non-hydrogen) atoms. The Balaban J connectivity index is 1.81. The molecule has 2 aliphatic rings. The normalized spacial score (nSPS) is 25.6. The summed E-state index contributed by atoms with van der Waals surface area (Å²) in [5.74, 6) is 0.636. The molecule has 0 radical (unpaired) electrons. The van der Waals surface area contributed by atoms with Gasteiger partial charge in [-0.25, -0.2) is 0 Å². The van der Waals surface area contributed by atoms with E-state index in [4.69, 9.17) is 4.74 Å². The molecule has 0 aromatic heterocycles. The maximum Gasteiger partial charge on any atom is 0.233 e. The zero-order valence-electron chi connectivity index (χ0n) is 11.6. The van der Waals surface area contributed by atoms with E-state index in [-0.39, 0.29) is 29.7 Å². The number of hydrogen-bond donors (Lipinski definition) is 1. The Morgan fingerprint density at radius 3 is 2.55 bits per heavy atom. The smallest absolute Gasteiger partial charge is 0.233 e. The first-order valence-corrected chi connectivity index (χ1v) is 6.82. The first-order chi connectivity index (χ1) is 9.67. The maximum atomic E-state index is 12.0. The number of likely N-dealkylation sites (N-methyl/N-ethyl adjacent to an activating group) is 1. The van der Waals surface area contributed by atoms with Crippen molar-refractivity contribution >= 4 is 11.8 Å². The number of carbonyl (C=O) groups excluding carboxylic acids is 2. The number of benzene rings is 1. The number of rotatable bonds is 5. The topological polar surface area (TPSA) is 58.6 Å². The van der Waals surface area contributed by atoms with Gasteiger partial charge in [-0.05, 0) is 19.5 Å². The van der Waals surface area contributed by atoms with Crippen molar-refractivity contribution < 1.29 is 14.3 Å². The van der Waals surface area contributed by atoms with Gasteiger partial charge in [-0.3, -0.25) is 14.5 Å². The molecule has 2 fully saturated rings. The van der Waals surface area contributed by atoms with E-state index in [1.165, 1.54) is 4.90 Å². The van der Waals surface area contributed by atoms with Crippen LogP contribution in [0.1, 0.15) is 18.0 Å². The number of nitrogens with one attached hydrogen (secondary N) is 1. The summed E-state index contributed by atoms with van der Waals surface area (Å²) in [6, 6.07) is 7.54. The number of fused-ring (bicyclic) bond motifs is 1. The van der Waals surface area contributed by atoms with Crippen LogP contribution in [0.5, 0.6) is 5.75 Å². The summed E-state index contributed by atoms with van der Waals surface area (Å²) in [5, 5.41) is 3.16. The van der Waals surface area contributed by atoms with E-state index in [1.54, 1.807) is 7.11 Å². The minimum atomic E-state index is -0.114. The number of carbonyl (C=O) groups is 2. The number of likely N-dealkylation sites (tertiary alicyclic amines) is 1. The quantitative estimate of drug-likeness (QED) is 0.813. The SMILES string of the molecule is CNC(CN1C(=O)C2CC2C1=O)c1ccccc1OC. The Morgan fingerprint density at radius 1 is 1.30 bits per heavy atom. The third kappa shape index (κ3) is 1.98. The standard InChI is InChI=1S/C15H18N2O3/c1-16-12(9-5-3-4-6-13(9)20-2)8-17-14(18)10-7-11(10)15(17)19/h3-6,10-12,16H,7-8H2,1-2H3. The average Bonchev–Trinajstić information content (AvgIpc) is 3.23. The second-order valence-corrected chi connectivity index (χ2v) is 5.32. The van der Waals surface area contributed by atoms with E-state index in [2.05, 4.69) is 5.32 Å². The van der Waals surface area contributed by atoms with Crippen molar-refractivity contribution in [1.29, 1.82) is 0 Å². The molecular formula is C15H18N2O3. The fraction of sp³-hybridized carbons (Fsp3) is 0.467. The zero-order valence-corrected chi connectivity index (χ0v) is 11.6. The highest BCUT2D eigenvalue weighted by Gasteiger charge is 2.58. The molecule has 0 spiro atoms. The molecule has 1 N–H and O–H groups in total. The van der Waals surface area contributed by atoms with Crippen LogP contribution in [0.15, 0.2) is 24.3 Å². The van der Waals surface area contributed by atoms with Crippen molar-refractivity contribution in [1.82, 2.24) is 10.2 Å². The number of imide groups is 1. The van der Waals surface area contributed by atoms with Crippen LogP contribution in [0.4, 0.5) is 0 Å². The summed E-state index contributed by atoms with van der Waals surface area (Å²) in [7, 11) is 3.44. The van der Waals surface area contributed by atoms with Crippen molar-refractivity contribution in [3.8, 4) is 5.75 Å². The van der Waals surface area contributed by atoms with E-state index >= 15 is 0 Å². The van der Waals surface area contributed by atoms with Gasteiger partial charge < -0.3 is 10.1 Å². The summed E-state index contributed by atoms with van der Waals surface area (Å²) in [4.78, 5) is 25.5. The van der Waals surface area contributed by atoms with Crippen molar-refractivity contribution in [3.05, 3.63) is 29.8 Å². The number of piperidine rings is 1. The molecule has 3 atom stereocenters. The van der Waals surface area contributed by atoms with Crippen LogP contribution in [0.25, 0.3) is 0 Å². The van der Waals surface area contributed by atoms with Crippen LogP contribution in [0.2, 0.25) is 0 Å². The predicted molar refractivity (Wildman–Crippen MR) is 73.1 cm³/mol. The largest absolute Gasteiger partial charge is 0.496 e. The van der Waals surface area contributed by atoms with E-state index < -0.39 is 0 Å². The highest BCUT2D eigenvalue weighted by Crippen LogP contribution is 2.47. The van der Waals surface area contributed by atoms with Crippen LogP contribution in [-0.2, 0) is 9.59 Å². The van der Waals surface area contributed by atoms with Gasteiger partial charge in [0, 0.05) is 12.1 Å².